The molecule has 0 saturated carbocycles. The highest BCUT2D eigenvalue weighted by Gasteiger charge is 2.22. The number of hydrogen-bond acceptors (Lipinski definition) is 5. The number of anilines is 1. The van der Waals surface area contributed by atoms with Crippen LogP contribution >= 0.6 is 23.2 Å². The third-order valence-corrected chi connectivity index (χ3v) is 3.59. The van der Waals surface area contributed by atoms with E-state index in [1.54, 1.807) is 0 Å². The van der Waals surface area contributed by atoms with E-state index in [-0.39, 0.29) is 32.9 Å². The number of nitrogens with one attached hydrogen (secondary N) is 1. The number of carboxylic acids is 1. The largest absolute Gasteiger partial charge is 0.480 e. The van der Waals surface area contributed by atoms with Crippen LogP contribution in [0.15, 0.2) is 24.5 Å². The molecule has 0 aliphatic rings. The van der Waals surface area contributed by atoms with Gasteiger partial charge in [0.2, 0.25) is 0 Å². The van der Waals surface area contributed by atoms with Gasteiger partial charge in [0.1, 0.15) is 29.7 Å². The molecule has 2 N–H and O–H groups in total. The van der Waals surface area contributed by atoms with Gasteiger partial charge in [0.15, 0.2) is 0 Å². The van der Waals surface area contributed by atoms with Crippen LogP contribution < -0.4 is 5.32 Å². The molecule has 7 nitrogen and oxygen atoms in total. The predicted molar refractivity (Wildman–Crippen MR) is 82.3 cm³/mol. The van der Waals surface area contributed by atoms with Crippen LogP contribution in [0.4, 0.5) is 10.2 Å². The van der Waals surface area contributed by atoms with Gasteiger partial charge in [-0.05, 0) is 12.1 Å². The van der Waals surface area contributed by atoms with Crippen molar-refractivity contribution in [1.82, 2.24) is 19.6 Å². The van der Waals surface area contributed by atoms with Crippen molar-refractivity contribution in [3.8, 4) is 11.1 Å². The summed E-state index contributed by atoms with van der Waals surface area (Å²) < 4.78 is 15.5. The lowest BCUT2D eigenvalue weighted by Crippen LogP contribution is -2.16. The zero-order valence-corrected chi connectivity index (χ0v) is 12.8. The molecular weight excluding hydrogens is 348 g/mol. The summed E-state index contributed by atoms with van der Waals surface area (Å²) in [5.74, 6) is -1.47. The zero-order valence-electron chi connectivity index (χ0n) is 11.3. The lowest BCUT2D eigenvalue weighted by molar-refractivity contribution is -0.134. The van der Waals surface area contributed by atoms with Gasteiger partial charge < -0.3 is 10.4 Å². The first-order chi connectivity index (χ1) is 11.0. The summed E-state index contributed by atoms with van der Waals surface area (Å²) >= 11 is 12.2. The maximum atomic E-state index is 14.3. The number of fused-ring (bicyclic) bond motifs is 1. The van der Waals surface area contributed by atoms with Crippen LogP contribution in [0.2, 0.25) is 10.2 Å². The molecule has 0 saturated heterocycles. The Hall–Kier alpha value is -2.45. The standard InChI is InChI=1S/C13H8Cl2FN5O2/c14-6-2-1-3-7(16)9(6)10-11(15)20-13-18-5-19-21(13)12(10)17-4-8(22)23/h1-3,5,17H,4H2,(H,22,23). The molecule has 2 aromatic heterocycles. The minimum Gasteiger partial charge on any atom is -0.480 e. The van der Waals surface area contributed by atoms with Crippen molar-refractivity contribution in [2.75, 3.05) is 11.9 Å². The van der Waals surface area contributed by atoms with E-state index in [9.17, 15) is 9.18 Å². The normalized spacial score (nSPS) is 10.9. The Kier molecular flexibility index (Phi) is 4.01. The molecule has 0 atom stereocenters. The minimum absolute atomic E-state index is 0.00282. The lowest BCUT2D eigenvalue weighted by atomic mass is 10.1. The van der Waals surface area contributed by atoms with Gasteiger partial charge in [-0.1, -0.05) is 29.3 Å². The quantitative estimate of drug-likeness (QED) is 0.699. The molecule has 0 bridgehead atoms. The zero-order chi connectivity index (χ0) is 16.6. The Bertz CT molecular complexity index is 895. The SMILES string of the molecule is O=C(O)CNc1c(-c2c(F)cccc2Cl)c(Cl)nc2ncnn12. The average molecular weight is 356 g/mol. The molecule has 0 aliphatic carbocycles. The van der Waals surface area contributed by atoms with Crippen molar-refractivity contribution in [1.29, 1.82) is 0 Å². The molecule has 1 aromatic carbocycles. The van der Waals surface area contributed by atoms with Crippen LogP contribution in [0, 0.1) is 5.82 Å². The Balaban J connectivity index is 2.32. The summed E-state index contributed by atoms with van der Waals surface area (Å²) in [6, 6.07) is 4.15. The molecule has 0 radical (unpaired) electrons. The number of benzene rings is 1. The van der Waals surface area contributed by atoms with Crippen LogP contribution in [0.3, 0.4) is 0 Å². The second kappa shape index (κ2) is 5.98. The number of carboxylic acid groups (broad SMARTS) is 1. The molecule has 0 unspecified atom stereocenters. The first-order valence-electron chi connectivity index (χ1n) is 6.28. The third-order valence-electron chi connectivity index (χ3n) is 3.00. The molecule has 23 heavy (non-hydrogen) atoms. The number of hydrogen-bond donors (Lipinski definition) is 2. The maximum Gasteiger partial charge on any atom is 0.322 e. The maximum absolute atomic E-state index is 14.3. The Morgan fingerprint density at radius 3 is 2.83 bits per heavy atom. The van der Waals surface area contributed by atoms with Gasteiger partial charge >= 0.3 is 5.97 Å². The van der Waals surface area contributed by atoms with E-state index in [1.165, 1.54) is 29.0 Å². The molecule has 10 heteroatoms. The number of rotatable bonds is 4. The van der Waals surface area contributed by atoms with Crippen LogP contribution in [0.1, 0.15) is 0 Å². The Labute approximate surface area is 138 Å². The van der Waals surface area contributed by atoms with Crippen molar-refractivity contribution < 1.29 is 14.3 Å². The van der Waals surface area contributed by atoms with Gasteiger partial charge in [-0.15, -0.1) is 0 Å². The van der Waals surface area contributed by atoms with E-state index in [0.29, 0.717) is 0 Å². The molecule has 0 fully saturated rings. The summed E-state index contributed by atoms with van der Waals surface area (Å²) in [5, 5.41) is 15.5. The number of carbonyl (C=O) groups is 1. The van der Waals surface area contributed by atoms with Crippen molar-refractivity contribution in [2.24, 2.45) is 0 Å². The van der Waals surface area contributed by atoms with E-state index in [1.807, 2.05) is 0 Å². The summed E-state index contributed by atoms with van der Waals surface area (Å²) in [4.78, 5) is 18.8. The second-order valence-electron chi connectivity index (χ2n) is 4.44. The van der Waals surface area contributed by atoms with Crippen molar-refractivity contribution in [2.45, 2.75) is 0 Å². The third kappa shape index (κ3) is 2.78. The van der Waals surface area contributed by atoms with Crippen LogP contribution in [0.5, 0.6) is 0 Å². The second-order valence-corrected chi connectivity index (χ2v) is 5.21. The minimum atomic E-state index is -1.11. The topological polar surface area (TPSA) is 92.4 Å². The Morgan fingerprint density at radius 1 is 1.35 bits per heavy atom. The molecule has 2 heterocycles. The monoisotopic (exact) mass is 355 g/mol. The van der Waals surface area contributed by atoms with Crippen LogP contribution in [-0.4, -0.2) is 37.2 Å². The van der Waals surface area contributed by atoms with Gasteiger partial charge in [0.25, 0.3) is 5.78 Å². The summed E-state index contributed by atoms with van der Waals surface area (Å²) in [7, 11) is 0. The van der Waals surface area contributed by atoms with E-state index >= 15 is 0 Å². The van der Waals surface area contributed by atoms with Gasteiger partial charge in [0, 0.05) is 5.56 Å². The smallest absolute Gasteiger partial charge is 0.322 e. The van der Waals surface area contributed by atoms with Gasteiger partial charge in [-0.25, -0.2) is 4.39 Å². The van der Waals surface area contributed by atoms with Gasteiger partial charge in [-0.3, -0.25) is 4.79 Å². The molecular formula is C13H8Cl2FN5O2. The van der Waals surface area contributed by atoms with Crippen LogP contribution in [0.25, 0.3) is 16.9 Å². The van der Waals surface area contributed by atoms with Crippen molar-refractivity contribution in [3.63, 3.8) is 0 Å². The highest BCUT2D eigenvalue weighted by molar-refractivity contribution is 6.36. The molecule has 0 aliphatic heterocycles. The van der Waals surface area contributed by atoms with Gasteiger partial charge in [-0.2, -0.15) is 19.6 Å². The fourth-order valence-corrected chi connectivity index (χ4v) is 2.61. The molecule has 0 spiro atoms. The lowest BCUT2D eigenvalue weighted by Gasteiger charge is -2.15. The van der Waals surface area contributed by atoms with E-state index in [4.69, 9.17) is 28.3 Å². The predicted octanol–water partition coefficient (Wildman–Crippen LogP) is 2.73. The highest BCUT2D eigenvalue weighted by Crippen LogP contribution is 2.39. The fraction of sp³-hybridized carbons (Fsp3) is 0.0769. The summed E-state index contributed by atoms with van der Waals surface area (Å²) in [6.07, 6.45) is 1.22. The molecule has 0 amide bonds. The number of halogens is 3. The van der Waals surface area contributed by atoms with Gasteiger partial charge in [0.05, 0.1) is 10.6 Å². The van der Waals surface area contributed by atoms with E-state index < -0.39 is 18.3 Å². The fourth-order valence-electron chi connectivity index (χ4n) is 2.10. The molecule has 3 rings (SSSR count). The molecule has 3 aromatic rings. The van der Waals surface area contributed by atoms with Crippen LogP contribution in [-0.2, 0) is 4.79 Å². The first-order valence-corrected chi connectivity index (χ1v) is 7.04. The average Bonchev–Trinajstić information content (AvgIpc) is 2.93. The molecule has 118 valence electrons. The highest BCUT2D eigenvalue weighted by atomic mass is 35.5. The number of nitrogens with zero attached hydrogens (tertiary/aromatic N) is 4. The summed E-state index contributed by atoms with van der Waals surface area (Å²) in [6.45, 7) is -0.436. The Morgan fingerprint density at radius 2 is 2.13 bits per heavy atom. The summed E-state index contributed by atoms with van der Waals surface area (Å²) in [5.41, 5.74) is 0.103. The number of aliphatic carboxylic acids is 1. The first kappa shape index (κ1) is 15.4. The van der Waals surface area contributed by atoms with E-state index in [0.717, 1.165) is 0 Å². The van der Waals surface area contributed by atoms with Crippen molar-refractivity contribution >= 4 is 40.8 Å². The number of aromatic nitrogens is 4. The van der Waals surface area contributed by atoms with E-state index in [2.05, 4.69) is 20.4 Å². The van der Waals surface area contributed by atoms with Crippen molar-refractivity contribution in [3.05, 3.63) is 40.5 Å².